The van der Waals surface area contributed by atoms with Crippen molar-refractivity contribution in [2.75, 3.05) is 51.3 Å². The molecular formula is C28H31Cl2N3O4. The van der Waals surface area contributed by atoms with Crippen LogP contribution in [-0.2, 0) is 19.1 Å². The fourth-order valence-electron chi connectivity index (χ4n) is 5.05. The highest BCUT2D eigenvalue weighted by molar-refractivity contribution is 6.31. The highest BCUT2D eigenvalue weighted by Gasteiger charge is 2.43. The highest BCUT2D eigenvalue weighted by atomic mass is 35.5. The third-order valence-corrected chi connectivity index (χ3v) is 7.51. The molecule has 1 fully saturated rings. The fourth-order valence-corrected chi connectivity index (χ4v) is 5.48. The zero-order valence-electron chi connectivity index (χ0n) is 21.2. The van der Waals surface area contributed by atoms with Crippen molar-refractivity contribution >= 4 is 46.5 Å². The molecule has 0 radical (unpaired) electrons. The summed E-state index contributed by atoms with van der Waals surface area (Å²) in [6.45, 7) is 7.79. The predicted molar refractivity (Wildman–Crippen MR) is 147 cm³/mol. The average Bonchev–Trinajstić information content (AvgIpc) is 2.88. The van der Waals surface area contributed by atoms with Crippen molar-refractivity contribution in [1.82, 2.24) is 4.90 Å². The maximum Gasteiger partial charge on any atom is 0.336 e. The number of benzene rings is 2. The van der Waals surface area contributed by atoms with E-state index in [0.717, 1.165) is 36.9 Å². The summed E-state index contributed by atoms with van der Waals surface area (Å²) in [4.78, 5) is 35.2. The molecule has 0 amide bonds. The Hall–Kier alpha value is -2.87. The molecule has 0 bridgehead atoms. The number of halogens is 2. The summed E-state index contributed by atoms with van der Waals surface area (Å²) in [7, 11) is 1.33. The largest absolute Gasteiger partial charge is 0.468 e. The predicted octanol–water partition coefficient (Wildman–Crippen LogP) is 4.98. The third-order valence-electron chi connectivity index (χ3n) is 6.93. The number of anilines is 1. The molecule has 2 unspecified atom stereocenters. The fraction of sp³-hybridized carbons (Fsp3) is 0.393. The number of nitrogens with zero attached hydrogens (tertiary/aromatic N) is 3. The summed E-state index contributed by atoms with van der Waals surface area (Å²) >= 11 is 12.7. The topological polar surface area (TPSA) is 71.4 Å². The van der Waals surface area contributed by atoms with Gasteiger partial charge in [0.2, 0.25) is 0 Å². The molecule has 2 heterocycles. The van der Waals surface area contributed by atoms with E-state index in [4.69, 9.17) is 32.7 Å². The monoisotopic (exact) mass is 543 g/mol. The van der Waals surface area contributed by atoms with Crippen molar-refractivity contribution in [2.45, 2.75) is 19.8 Å². The number of aliphatic imine (C=N–C) groups is 1. The number of esters is 2. The van der Waals surface area contributed by atoms with Crippen molar-refractivity contribution in [3.63, 3.8) is 0 Å². The molecule has 0 aliphatic carbocycles. The summed E-state index contributed by atoms with van der Waals surface area (Å²) in [5.41, 5.74) is 3.20. The van der Waals surface area contributed by atoms with Crippen LogP contribution >= 0.6 is 23.2 Å². The molecule has 2 aliphatic rings. The molecule has 2 aromatic rings. The van der Waals surface area contributed by atoms with Gasteiger partial charge in [-0.05, 0) is 43.7 Å². The number of ether oxygens (including phenoxy) is 2. The van der Waals surface area contributed by atoms with E-state index in [9.17, 15) is 9.59 Å². The van der Waals surface area contributed by atoms with Crippen molar-refractivity contribution in [3.05, 3.63) is 75.4 Å². The van der Waals surface area contributed by atoms with Crippen molar-refractivity contribution in [2.24, 2.45) is 10.9 Å². The van der Waals surface area contributed by atoms with E-state index in [2.05, 4.69) is 20.9 Å². The van der Waals surface area contributed by atoms with Gasteiger partial charge in [-0.25, -0.2) is 4.79 Å². The Morgan fingerprint density at radius 3 is 2.43 bits per heavy atom. The van der Waals surface area contributed by atoms with E-state index in [1.54, 1.807) is 19.9 Å². The maximum absolute atomic E-state index is 13.4. The first-order valence-electron chi connectivity index (χ1n) is 12.3. The van der Waals surface area contributed by atoms with Gasteiger partial charge in [-0.3, -0.25) is 14.7 Å². The van der Waals surface area contributed by atoms with Crippen LogP contribution < -0.4 is 4.90 Å². The van der Waals surface area contributed by atoms with Crippen LogP contribution in [0.2, 0.25) is 10.0 Å². The summed E-state index contributed by atoms with van der Waals surface area (Å²) in [5.74, 6) is -2.38. The molecule has 0 N–H and O–H groups in total. The van der Waals surface area contributed by atoms with Gasteiger partial charge in [0.05, 0.1) is 12.7 Å². The lowest BCUT2D eigenvalue weighted by atomic mass is 9.75. The van der Waals surface area contributed by atoms with Crippen LogP contribution in [0, 0.1) is 5.92 Å². The molecule has 1 saturated heterocycles. The van der Waals surface area contributed by atoms with Crippen LogP contribution in [0.25, 0.3) is 0 Å². The Morgan fingerprint density at radius 2 is 1.76 bits per heavy atom. The van der Waals surface area contributed by atoms with E-state index in [1.807, 2.05) is 36.4 Å². The van der Waals surface area contributed by atoms with Crippen LogP contribution in [0.4, 0.5) is 5.69 Å². The molecule has 7 nitrogen and oxygen atoms in total. The molecule has 2 atom stereocenters. The van der Waals surface area contributed by atoms with Crippen LogP contribution in [0.1, 0.15) is 25.3 Å². The van der Waals surface area contributed by atoms with E-state index in [-0.39, 0.29) is 6.61 Å². The number of hydrogen-bond acceptors (Lipinski definition) is 7. The molecule has 4 rings (SSSR count). The van der Waals surface area contributed by atoms with Crippen molar-refractivity contribution < 1.29 is 19.1 Å². The van der Waals surface area contributed by atoms with Crippen LogP contribution in [0.15, 0.2) is 64.8 Å². The Balaban J connectivity index is 1.43. The zero-order chi connectivity index (χ0) is 26.5. The van der Waals surface area contributed by atoms with Gasteiger partial charge in [0, 0.05) is 65.8 Å². The van der Waals surface area contributed by atoms with Crippen LogP contribution in [-0.4, -0.2) is 69.0 Å². The maximum atomic E-state index is 13.4. The second-order valence-electron chi connectivity index (χ2n) is 9.20. The summed E-state index contributed by atoms with van der Waals surface area (Å²) < 4.78 is 10.8. The van der Waals surface area contributed by atoms with Crippen LogP contribution in [0.5, 0.6) is 0 Å². The minimum Gasteiger partial charge on any atom is -0.468 e. The molecule has 2 aliphatic heterocycles. The molecule has 37 heavy (non-hydrogen) atoms. The number of carbonyl (C=O) groups is 2. The molecule has 0 saturated carbocycles. The van der Waals surface area contributed by atoms with E-state index in [0.29, 0.717) is 34.1 Å². The molecule has 2 aromatic carbocycles. The zero-order valence-corrected chi connectivity index (χ0v) is 22.8. The molecular weight excluding hydrogens is 513 g/mol. The first-order valence-corrected chi connectivity index (χ1v) is 13.0. The summed E-state index contributed by atoms with van der Waals surface area (Å²) in [6, 6.07) is 15.1. The SMILES string of the molecule is COC(=O)C1C(C)=NC(C)=C(C(=O)OCCN2CCN(c3cccc(Cl)c3)CC2)C1c1ccccc1Cl. The summed E-state index contributed by atoms with van der Waals surface area (Å²) in [5, 5.41) is 1.19. The number of allylic oxidation sites excluding steroid dienone is 1. The van der Waals surface area contributed by atoms with Gasteiger partial charge in [-0.15, -0.1) is 0 Å². The quantitative estimate of drug-likeness (QED) is 0.458. The van der Waals surface area contributed by atoms with E-state index < -0.39 is 23.8 Å². The lowest BCUT2D eigenvalue weighted by Crippen LogP contribution is -2.47. The van der Waals surface area contributed by atoms with E-state index in [1.165, 1.54) is 7.11 Å². The second kappa shape index (κ2) is 12.1. The minimum atomic E-state index is -0.768. The minimum absolute atomic E-state index is 0.230. The molecule has 0 aromatic heterocycles. The Morgan fingerprint density at radius 1 is 1.03 bits per heavy atom. The van der Waals surface area contributed by atoms with E-state index >= 15 is 0 Å². The summed E-state index contributed by atoms with van der Waals surface area (Å²) in [6.07, 6.45) is 0. The lowest BCUT2D eigenvalue weighted by molar-refractivity contribution is -0.144. The number of hydrogen-bond donors (Lipinski definition) is 0. The standard InChI is InChI=1S/C28H31Cl2N3O4/c1-18-24(27(34)36-3)26(22-9-4-5-10-23(22)30)25(19(2)31-18)28(35)37-16-15-32-11-13-33(14-12-32)21-8-6-7-20(29)17-21/h4-10,17,24,26H,11-16H2,1-3H3. The Labute approximate surface area is 227 Å². The lowest BCUT2D eigenvalue weighted by Gasteiger charge is -2.36. The third kappa shape index (κ3) is 6.17. The number of piperazine rings is 1. The Kier molecular flexibility index (Phi) is 8.90. The highest BCUT2D eigenvalue weighted by Crippen LogP contribution is 2.42. The molecule has 9 heteroatoms. The van der Waals surface area contributed by atoms with Gasteiger partial charge in [0.25, 0.3) is 0 Å². The second-order valence-corrected chi connectivity index (χ2v) is 10.0. The van der Waals surface area contributed by atoms with Gasteiger partial charge in [-0.2, -0.15) is 0 Å². The molecule has 196 valence electrons. The van der Waals surface area contributed by atoms with Crippen LogP contribution in [0.3, 0.4) is 0 Å². The Bertz CT molecular complexity index is 1220. The first kappa shape index (κ1) is 27.2. The molecule has 0 spiro atoms. The van der Waals surface area contributed by atoms with Gasteiger partial charge < -0.3 is 14.4 Å². The smallest absolute Gasteiger partial charge is 0.336 e. The van der Waals surface area contributed by atoms with Gasteiger partial charge in [0.15, 0.2) is 0 Å². The van der Waals surface area contributed by atoms with Crippen molar-refractivity contribution in [3.8, 4) is 0 Å². The first-order chi connectivity index (χ1) is 17.8. The number of methoxy groups -OCH3 is 1. The van der Waals surface area contributed by atoms with Gasteiger partial charge >= 0.3 is 11.9 Å². The average molecular weight is 544 g/mol. The van der Waals surface area contributed by atoms with Gasteiger partial charge in [-0.1, -0.05) is 47.5 Å². The normalized spacial score (nSPS) is 20.5. The van der Waals surface area contributed by atoms with Gasteiger partial charge in [0.1, 0.15) is 12.5 Å². The number of carbonyl (C=O) groups excluding carboxylic acids is 2. The van der Waals surface area contributed by atoms with Crippen molar-refractivity contribution in [1.29, 1.82) is 0 Å². The number of rotatable bonds is 7.